The molecule has 1 saturated heterocycles. The summed E-state index contributed by atoms with van der Waals surface area (Å²) in [4.78, 5) is 31.1. The molecule has 1 aromatic heterocycles. The Morgan fingerprint density at radius 2 is 2.29 bits per heavy atom. The van der Waals surface area contributed by atoms with E-state index in [1.807, 2.05) is 48.2 Å². The number of nitrogens with zero attached hydrogens (tertiary/aromatic N) is 3. The zero-order valence-electron chi connectivity index (χ0n) is 15.8. The number of hydrogen-bond acceptors (Lipinski definition) is 7. The number of anilines is 1. The molecule has 0 unspecified atom stereocenters. The number of aromatic carboxylic acids is 1. The van der Waals surface area contributed by atoms with Gasteiger partial charge < -0.3 is 19.6 Å². The fourth-order valence-electron chi connectivity index (χ4n) is 2.97. The predicted octanol–water partition coefficient (Wildman–Crippen LogP) is 3.07. The van der Waals surface area contributed by atoms with Crippen molar-refractivity contribution in [3.63, 3.8) is 0 Å². The highest BCUT2D eigenvalue weighted by molar-refractivity contribution is 8.01. The molecule has 150 valence electrons. The zero-order chi connectivity index (χ0) is 20.1. The summed E-state index contributed by atoms with van der Waals surface area (Å²) in [5, 5.41) is 10.5. The van der Waals surface area contributed by atoms with Gasteiger partial charge in [0.15, 0.2) is 10.0 Å². The standard InChI is InChI=1S/C19H23N3O4S2/c1-21(2)13-4-3-5-15(10-13)26-11-14-6-7-17(23)22(14)8-9-27-19-20-16(12-28-19)18(24)25/h3-5,10,12,14H,6-9,11H2,1-2H3,(H,24,25)/t14-/m1/s1. The highest BCUT2D eigenvalue weighted by Gasteiger charge is 2.31. The van der Waals surface area contributed by atoms with Crippen LogP contribution in [0, 0.1) is 0 Å². The van der Waals surface area contributed by atoms with E-state index in [1.54, 1.807) is 0 Å². The molecule has 1 aromatic carbocycles. The number of benzene rings is 1. The number of thioether (sulfide) groups is 1. The third kappa shape index (κ3) is 5.17. The van der Waals surface area contributed by atoms with Crippen LogP contribution in [0.1, 0.15) is 23.3 Å². The van der Waals surface area contributed by atoms with Gasteiger partial charge in [0.25, 0.3) is 0 Å². The minimum Gasteiger partial charge on any atom is -0.491 e. The van der Waals surface area contributed by atoms with Gasteiger partial charge in [-0.05, 0) is 18.6 Å². The number of hydrogen-bond donors (Lipinski definition) is 1. The molecule has 1 amide bonds. The van der Waals surface area contributed by atoms with Crippen molar-refractivity contribution in [3.8, 4) is 5.75 Å². The number of carboxylic acids is 1. The van der Waals surface area contributed by atoms with Crippen molar-refractivity contribution in [1.29, 1.82) is 0 Å². The maximum Gasteiger partial charge on any atom is 0.355 e. The van der Waals surface area contributed by atoms with E-state index in [0.717, 1.165) is 17.9 Å². The van der Waals surface area contributed by atoms with E-state index < -0.39 is 5.97 Å². The number of carbonyl (C=O) groups is 2. The number of rotatable bonds is 9. The van der Waals surface area contributed by atoms with E-state index in [2.05, 4.69) is 4.98 Å². The van der Waals surface area contributed by atoms with Crippen LogP contribution in [-0.4, -0.2) is 65.9 Å². The topological polar surface area (TPSA) is 83.0 Å². The molecule has 0 saturated carbocycles. The third-order valence-corrected chi connectivity index (χ3v) is 6.49. The second-order valence-electron chi connectivity index (χ2n) is 6.63. The van der Waals surface area contributed by atoms with Gasteiger partial charge in [-0.3, -0.25) is 4.79 Å². The maximum absolute atomic E-state index is 12.2. The Morgan fingerprint density at radius 1 is 1.46 bits per heavy atom. The summed E-state index contributed by atoms with van der Waals surface area (Å²) in [6, 6.07) is 7.94. The lowest BCUT2D eigenvalue weighted by Gasteiger charge is -2.25. The molecule has 7 nitrogen and oxygen atoms in total. The van der Waals surface area contributed by atoms with Gasteiger partial charge >= 0.3 is 5.97 Å². The quantitative estimate of drug-likeness (QED) is 0.623. The van der Waals surface area contributed by atoms with E-state index in [0.29, 0.717) is 29.7 Å². The summed E-state index contributed by atoms with van der Waals surface area (Å²) in [7, 11) is 3.96. The number of amides is 1. The van der Waals surface area contributed by atoms with Crippen LogP contribution in [-0.2, 0) is 4.79 Å². The highest BCUT2D eigenvalue weighted by atomic mass is 32.2. The summed E-state index contributed by atoms with van der Waals surface area (Å²) in [5.74, 6) is 0.587. The largest absolute Gasteiger partial charge is 0.491 e. The van der Waals surface area contributed by atoms with Gasteiger partial charge in [-0.2, -0.15) is 0 Å². The molecule has 2 heterocycles. The molecule has 1 aliphatic rings. The van der Waals surface area contributed by atoms with Crippen LogP contribution < -0.4 is 9.64 Å². The summed E-state index contributed by atoms with van der Waals surface area (Å²) in [6.45, 7) is 1.06. The maximum atomic E-state index is 12.2. The lowest BCUT2D eigenvalue weighted by atomic mass is 10.2. The number of ether oxygens (including phenoxy) is 1. The van der Waals surface area contributed by atoms with Gasteiger partial charge in [-0.15, -0.1) is 11.3 Å². The summed E-state index contributed by atoms with van der Waals surface area (Å²) >= 11 is 2.79. The number of likely N-dealkylation sites (tertiary alicyclic amines) is 1. The molecule has 1 N–H and O–H groups in total. The molecule has 28 heavy (non-hydrogen) atoms. The van der Waals surface area contributed by atoms with Gasteiger partial charge in [-0.25, -0.2) is 9.78 Å². The normalized spacial score (nSPS) is 16.4. The minimum absolute atomic E-state index is 0.0574. The Morgan fingerprint density at radius 3 is 3.00 bits per heavy atom. The van der Waals surface area contributed by atoms with Crippen LogP contribution in [0.15, 0.2) is 34.0 Å². The number of thiazole rings is 1. The monoisotopic (exact) mass is 421 g/mol. The first-order valence-electron chi connectivity index (χ1n) is 8.95. The van der Waals surface area contributed by atoms with E-state index >= 15 is 0 Å². The fraction of sp³-hybridized carbons (Fsp3) is 0.421. The Hall–Kier alpha value is -2.26. The van der Waals surface area contributed by atoms with Gasteiger partial charge in [0.2, 0.25) is 5.91 Å². The first-order chi connectivity index (χ1) is 13.4. The fourth-order valence-corrected chi connectivity index (χ4v) is 4.78. The van der Waals surface area contributed by atoms with E-state index in [1.165, 1.54) is 28.5 Å². The van der Waals surface area contributed by atoms with Crippen molar-refractivity contribution in [1.82, 2.24) is 9.88 Å². The van der Waals surface area contributed by atoms with Crippen molar-refractivity contribution in [2.45, 2.75) is 23.2 Å². The van der Waals surface area contributed by atoms with E-state index in [9.17, 15) is 9.59 Å². The average molecular weight is 422 g/mol. The molecule has 1 fully saturated rings. The molecule has 0 aliphatic carbocycles. The van der Waals surface area contributed by atoms with Gasteiger partial charge in [0.05, 0.1) is 6.04 Å². The molecule has 0 spiro atoms. The van der Waals surface area contributed by atoms with Gasteiger partial charge in [-0.1, -0.05) is 17.8 Å². The lowest BCUT2D eigenvalue weighted by molar-refractivity contribution is -0.129. The number of carbonyl (C=O) groups excluding carboxylic acids is 1. The van der Waals surface area contributed by atoms with Crippen LogP contribution >= 0.6 is 23.1 Å². The van der Waals surface area contributed by atoms with Crippen LogP contribution in [0.5, 0.6) is 5.75 Å². The van der Waals surface area contributed by atoms with Crippen LogP contribution in [0.2, 0.25) is 0 Å². The van der Waals surface area contributed by atoms with Crippen molar-refractivity contribution in [2.24, 2.45) is 0 Å². The van der Waals surface area contributed by atoms with Crippen LogP contribution in [0.25, 0.3) is 0 Å². The molecule has 3 rings (SSSR count). The molecule has 1 atom stereocenters. The number of aromatic nitrogens is 1. The highest BCUT2D eigenvalue weighted by Crippen LogP contribution is 2.26. The first kappa shape index (κ1) is 20.5. The van der Waals surface area contributed by atoms with Crippen LogP contribution in [0.3, 0.4) is 0 Å². The zero-order valence-corrected chi connectivity index (χ0v) is 17.5. The first-order valence-corrected chi connectivity index (χ1v) is 10.8. The summed E-state index contributed by atoms with van der Waals surface area (Å²) in [5.41, 5.74) is 1.13. The Balaban J connectivity index is 1.51. The lowest BCUT2D eigenvalue weighted by Crippen LogP contribution is -2.38. The number of carboxylic acid groups (broad SMARTS) is 1. The molecule has 0 bridgehead atoms. The van der Waals surface area contributed by atoms with Crippen LogP contribution in [0.4, 0.5) is 5.69 Å². The molecular formula is C19H23N3O4S2. The Kier molecular flexibility index (Phi) is 6.79. The molecular weight excluding hydrogens is 398 g/mol. The second-order valence-corrected chi connectivity index (χ2v) is 8.83. The Bertz CT molecular complexity index is 840. The molecule has 9 heteroatoms. The van der Waals surface area contributed by atoms with Gasteiger partial charge in [0.1, 0.15) is 12.4 Å². The molecule has 2 aromatic rings. The second kappa shape index (κ2) is 9.29. The third-order valence-electron chi connectivity index (χ3n) is 4.49. The average Bonchev–Trinajstić information content (AvgIpc) is 3.28. The molecule has 1 aliphatic heterocycles. The minimum atomic E-state index is -1.02. The molecule has 0 radical (unpaired) electrons. The Labute approximate surface area is 172 Å². The van der Waals surface area contributed by atoms with Crippen molar-refractivity contribution >= 4 is 40.7 Å². The van der Waals surface area contributed by atoms with E-state index in [4.69, 9.17) is 9.84 Å². The van der Waals surface area contributed by atoms with Crippen molar-refractivity contribution in [3.05, 3.63) is 35.3 Å². The van der Waals surface area contributed by atoms with Crippen molar-refractivity contribution in [2.75, 3.05) is 37.9 Å². The van der Waals surface area contributed by atoms with Gasteiger partial charge in [0, 0.05) is 49.9 Å². The van der Waals surface area contributed by atoms with E-state index in [-0.39, 0.29) is 17.6 Å². The van der Waals surface area contributed by atoms with Crippen molar-refractivity contribution < 1.29 is 19.4 Å². The SMILES string of the molecule is CN(C)c1cccc(OC[C@H]2CCC(=O)N2CCSc2nc(C(=O)O)cs2)c1. The smallest absolute Gasteiger partial charge is 0.355 e. The summed E-state index contributed by atoms with van der Waals surface area (Å²) < 4.78 is 6.66. The predicted molar refractivity (Wildman–Crippen MR) is 111 cm³/mol. The summed E-state index contributed by atoms with van der Waals surface area (Å²) in [6.07, 6.45) is 1.33.